The molecule has 0 atom stereocenters. The molecule has 2 N–H and O–H groups in total. The predicted molar refractivity (Wildman–Crippen MR) is 143 cm³/mol. The molecule has 2 aromatic carbocycles. The lowest BCUT2D eigenvalue weighted by Gasteiger charge is -2.31. The van der Waals surface area contributed by atoms with Crippen molar-refractivity contribution < 1.29 is 17.9 Å². The summed E-state index contributed by atoms with van der Waals surface area (Å²) in [5.41, 5.74) is 9.01. The first-order valence-corrected chi connectivity index (χ1v) is 13.2. The van der Waals surface area contributed by atoms with E-state index in [9.17, 15) is 8.42 Å². The number of morpholine rings is 1. The van der Waals surface area contributed by atoms with Crippen LogP contribution in [0.4, 0.5) is 11.8 Å². The number of hydrogen-bond acceptors (Lipinski definition) is 8. The van der Waals surface area contributed by atoms with Gasteiger partial charge in [0.05, 0.1) is 25.8 Å². The van der Waals surface area contributed by atoms with Crippen molar-refractivity contribution in [2.24, 2.45) is 0 Å². The number of nitrogens with zero attached hydrogens (tertiary/aromatic N) is 5. The van der Waals surface area contributed by atoms with Crippen LogP contribution in [0.2, 0.25) is 0 Å². The lowest BCUT2D eigenvalue weighted by molar-refractivity contribution is 0.0703. The Morgan fingerprint density at radius 3 is 2.39 bits per heavy atom. The van der Waals surface area contributed by atoms with Crippen molar-refractivity contribution in [1.29, 1.82) is 0 Å². The van der Waals surface area contributed by atoms with Crippen molar-refractivity contribution in [3.8, 4) is 16.9 Å². The summed E-state index contributed by atoms with van der Waals surface area (Å²) in [7, 11) is -1.88. The molecule has 2 aliphatic heterocycles. The number of anilines is 2. The minimum atomic E-state index is -3.52. The van der Waals surface area contributed by atoms with Crippen molar-refractivity contribution in [3.05, 3.63) is 42.5 Å². The molecule has 1 aromatic heterocycles. The van der Waals surface area contributed by atoms with Crippen molar-refractivity contribution in [2.45, 2.75) is 6.42 Å². The fourth-order valence-corrected chi connectivity index (χ4v) is 6.20. The molecule has 0 saturated carbocycles. The van der Waals surface area contributed by atoms with E-state index in [1.807, 2.05) is 47.4 Å². The molecule has 2 fully saturated rings. The molecule has 194 valence electrons. The average Bonchev–Trinajstić information content (AvgIpc) is 3.16. The largest absolute Gasteiger partial charge is 0.496 e. The maximum Gasteiger partial charge on any atom is 0.282 e. The second-order valence-electron chi connectivity index (χ2n) is 8.60. The molecule has 3 aromatic rings. The second kappa shape index (κ2) is 11.1. The second-order valence-corrected chi connectivity index (χ2v) is 10.5. The summed E-state index contributed by atoms with van der Waals surface area (Å²) in [5.74, 6) is 1.58. The first-order valence-electron chi connectivity index (χ1n) is 11.8. The van der Waals surface area contributed by atoms with E-state index < -0.39 is 10.2 Å². The number of methoxy groups -OCH3 is 1. The lowest BCUT2D eigenvalue weighted by Crippen LogP contribution is -2.49. The summed E-state index contributed by atoms with van der Waals surface area (Å²) in [6, 6.07) is 13.8. The monoisotopic (exact) mass is 534 g/mol. The van der Waals surface area contributed by atoms with Gasteiger partial charge in [-0.25, -0.2) is 4.98 Å². The minimum Gasteiger partial charge on any atom is -0.496 e. The zero-order valence-corrected chi connectivity index (χ0v) is 21.8. The fraction of sp³-hybridized carbons (Fsp3) is 0.417. The number of halogens is 1. The van der Waals surface area contributed by atoms with Crippen LogP contribution >= 0.6 is 12.4 Å². The molecule has 5 rings (SSSR count). The number of fused-ring (bicyclic) bond motifs is 1. The lowest BCUT2D eigenvalue weighted by atomic mass is 10.0. The van der Waals surface area contributed by atoms with E-state index in [2.05, 4.69) is 4.98 Å². The number of benzene rings is 2. The van der Waals surface area contributed by atoms with Gasteiger partial charge in [-0.1, -0.05) is 30.3 Å². The maximum atomic E-state index is 13.1. The Labute approximate surface area is 217 Å². The van der Waals surface area contributed by atoms with Crippen LogP contribution in [0.5, 0.6) is 5.75 Å². The van der Waals surface area contributed by atoms with Gasteiger partial charge in [-0.3, -0.25) is 0 Å². The van der Waals surface area contributed by atoms with Crippen LogP contribution in [-0.4, -0.2) is 86.6 Å². The molecule has 3 heterocycles. The highest BCUT2D eigenvalue weighted by Gasteiger charge is 2.32. The first-order chi connectivity index (χ1) is 17.0. The van der Waals surface area contributed by atoms with E-state index in [1.165, 1.54) is 4.31 Å². The summed E-state index contributed by atoms with van der Waals surface area (Å²) in [5, 5.41) is 0.750. The van der Waals surface area contributed by atoms with Gasteiger partial charge in [-0.15, -0.1) is 12.4 Å². The van der Waals surface area contributed by atoms with Gasteiger partial charge in [0.1, 0.15) is 11.6 Å². The van der Waals surface area contributed by atoms with E-state index in [-0.39, 0.29) is 12.4 Å². The van der Waals surface area contributed by atoms with Gasteiger partial charge in [0.15, 0.2) is 0 Å². The van der Waals surface area contributed by atoms with Gasteiger partial charge in [0.2, 0.25) is 5.95 Å². The molecule has 0 amide bonds. The third-order valence-corrected chi connectivity index (χ3v) is 8.52. The average molecular weight is 535 g/mol. The summed E-state index contributed by atoms with van der Waals surface area (Å²) in [6.07, 6.45) is 0.668. The first kappa shape index (κ1) is 26.4. The molecule has 2 aliphatic rings. The normalized spacial score (nSPS) is 18.0. The molecule has 10 nitrogen and oxygen atoms in total. The van der Waals surface area contributed by atoms with E-state index in [0.29, 0.717) is 81.9 Å². The highest BCUT2D eigenvalue weighted by molar-refractivity contribution is 7.86. The highest BCUT2D eigenvalue weighted by atomic mass is 35.5. The van der Waals surface area contributed by atoms with E-state index in [0.717, 1.165) is 16.5 Å². The van der Waals surface area contributed by atoms with E-state index in [4.69, 9.17) is 20.2 Å². The third kappa shape index (κ3) is 5.21. The van der Waals surface area contributed by atoms with Crippen molar-refractivity contribution in [2.75, 3.05) is 70.2 Å². The molecule has 0 radical (unpaired) electrons. The number of nitrogens with two attached hydrogens (primary N) is 1. The van der Waals surface area contributed by atoms with Gasteiger partial charge in [0, 0.05) is 56.3 Å². The molecule has 0 aliphatic carbocycles. The smallest absolute Gasteiger partial charge is 0.282 e. The van der Waals surface area contributed by atoms with E-state index in [1.54, 1.807) is 11.4 Å². The van der Waals surface area contributed by atoms with Gasteiger partial charge in [-0.2, -0.15) is 22.0 Å². The van der Waals surface area contributed by atoms with Crippen LogP contribution in [0.25, 0.3) is 22.0 Å². The molecular weight excluding hydrogens is 504 g/mol. The third-order valence-electron chi connectivity index (χ3n) is 6.48. The van der Waals surface area contributed by atoms with Gasteiger partial charge in [0.25, 0.3) is 10.2 Å². The van der Waals surface area contributed by atoms with Crippen LogP contribution in [0.1, 0.15) is 6.42 Å². The Hall–Kier alpha value is -2.70. The molecule has 36 heavy (non-hydrogen) atoms. The Bertz CT molecular complexity index is 1300. The zero-order valence-electron chi connectivity index (χ0n) is 20.2. The SMILES string of the molecule is COc1cc2nc(N3CCCN(S(=O)(=O)N4CCOCC4)CC3)nc(N)c2cc1-c1ccccc1.Cl. The molecule has 2 saturated heterocycles. The van der Waals surface area contributed by atoms with Gasteiger partial charge < -0.3 is 20.1 Å². The number of hydrogen-bond donors (Lipinski definition) is 1. The number of ether oxygens (including phenoxy) is 2. The Morgan fingerprint density at radius 2 is 1.67 bits per heavy atom. The standard InChI is InChI=1S/C24H30N6O4S.ClH/c1-33-22-17-21-20(16-19(22)18-6-3-2-4-7-18)23(25)27-24(26-21)28-8-5-9-29(11-10-28)35(31,32)30-12-14-34-15-13-30;/h2-4,6-7,16-17H,5,8-15H2,1H3,(H2,25,26,27);1H. The zero-order chi connectivity index (χ0) is 24.4. The summed E-state index contributed by atoms with van der Waals surface area (Å²) in [6.45, 7) is 3.56. The summed E-state index contributed by atoms with van der Waals surface area (Å²) >= 11 is 0. The Balaban J connectivity index is 0.00000304. The van der Waals surface area contributed by atoms with Crippen LogP contribution in [0.15, 0.2) is 42.5 Å². The van der Waals surface area contributed by atoms with Crippen molar-refractivity contribution >= 4 is 45.3 Å². The van der Waals surface area contributed by atoms with Gasteiger partial charge >= 0.3 is 0 Å². The molecular formula is C24H31ClN6O4S. The fourth-order valence-electron chi connectivity index (χ4n) is 4.59. The number of nitrogen functional groups attached to an aromatic ring is 1. The van der Waals surface area contributed by atoms with Gasteiger partial charge in [-0.05, 0) is 18.1 Å². The molecule has 0 spiro atoms. The van der Waals surface area contributed by atoms with Crippen molar-refractivity contribution in [1.82, 2.24) is 18.6 Å². The predicted octanol–water partition coefficient (Wildman–Crippen LogP) is 2.40. The molecule has 0 unspecified atom stereocenters. The Kier molecular flexibility index (Phi) is 8.16. The van der Waals surface area contributed by atoms with Crippen molar-refractivity contribution in [3.63, 3.8) is 0 Å². The van der Waals surface area contributed by atoms with Crippen LogP contribution < -0.4 is 15.4 Å². The maximum absolute atomic E-state index is 13.1. The number of aromatic nitrogens is 2. The summed E-state index contributed by atoms with van der Waals surface area (Å²) < 4.78 is 40.2. The van der Waals surface area contributed by atoms with Crippen LogP contribution in [0.3, 0.4) is 0 Å². The molecule has 12 heteroatoms. The minimum absolute atomic E-state index is 0. The number of rotatable bonds is 5. The molecule has 0 bridgehead atoms. The summed E-state index contributed by atoms with van der Waals surface area (Å²) in [4.78, 5) is 11.4. The topological polar surface area (TPSA) is 114 Å². The Morgan fingerprint density at radius 1 is 0.944 bits per heavy atom. The quantitative estimate of drug-likeness (QED) is 0.531. The van der Waals surface area contributed by atoms with Crippen LogP contribution in [-0.2, 0) is 14.9 Å². The van der Waals surface area contributed by atoms with Crippen LogP contribution in [0, 0.1) is 0 Å². The highest BCUT2D eigenvalue weighted by Crippen LogP contribution is 2.35. The van der Waals surface area contributed by atoms with E-state index >= 15 is 0 Å².